The number of aliphatic hydroxyl groups excluding tert-OH is 1. The predicted molar refractivity (Wildman–Crippen MR) is 67.3 cm³/mol. The van der Waals surface area contributed by atoms with Gasteiger partial charge in [0.2, 0.25) is 0 Å². The van der Waals surface area contributed by atoms with Gasteiger partial charge in [0.1, 0.15) is 6.42 Å². The lowest BCUT2D eigenvalue weighted by Crippen LogP contribution is -2.38. The fourth-order valence-electron chi connectivity index (χ4n) is 2.10. The number of carbonyl (C=O) groups excluding carboxylic acids is 1. The Morgan fingerprint density at radius 3 is 2.58 bits per heavy atom. The summed E-state index contributed by atoms with van der Waals surface area (Å²) in [5.74, 6) is -1.82. The van der Waals surface area contributed by atoms with Crippen molar-refractivity contribution < 1.29 is 28.8 Å². The van der Waals surface area contributed by atoms with Crippen LogP contribution in [0.4, 0.5) is 0 Å². The molecule has 0 bridgehead atoms. The van der Waals surface area contributed by atoms with Gasteiger partial charge in [0.25, 0.3) is 5.97 Å². The number of aliphatic hydroxyl groups is 1. The average Bonchev–Trinajstić information content (AvgIpc) is 2.54. The molecule has 6 nitrogen and oxygen atoms in total. The van der Waals surface area contributed by atoms with Gasteiger partial charge in [-0.15, -0.1) is 0 Å². The summed E-state index contributed by atoms with van der Waals surface area (Å²) in [5, 5.41) is 9.43. The second-order valence-corrected chi connectivity index (χ2v) is 4.66. The van der Waals surface area contributed by atoms with Crippen LogP contribution in [0, 0.1) is 0 Å². The lowest BCUT2D eigenvalue weighted by molar-refractivity contribution is -0.340. The average molecular weight is 276 g/mol. The van der Waals surface area contributed by atoms with Crippen molar-refractivity contribution in [1.29, 1.82) is 0 Å². The summed E-state index contributed by atoms with van der Waals surface area (Å²) >= 11 is 0. The van der Waals surface area contributed by atoms with Crippen LogP contribution in [0.3, 0.4) is 0 Å². The normalized spacial score (nSPS) is 32.3. The molecule has 6 heteroatoms. The number of esters is 1. The van der Waals surface area contributed by atoms with Crippen LogP contribution in [-0.2, 0) is 23.7 Å². The van der Waals surface area contributed by atoms with Gasteiger partial charge in [0.05, 0.1) is 24.9 Å². The summed E-state index contributed by atoms with van der Waals surface area (Å²) in [6.07, 6.45) is -0.749. The van der Waals surface area contributed by atoms with Crippen LogP contribution in [0.1, 0.15) is 40.5 Å². The first-order chi connectivity index (χ1) is 8.92. The molecule has 0 amide bonds. The fraction of sp³-hybridized carbons (Fsp3) is 0.923. The number of hydrogen-bond donors (Lipinski definition) is 1. The topological polar surface area (TPSA) is 74.2 Å². The predicted octanol–water partition coefficient (Wildman–Crippen LogP) is 1.20. The molecule has 0 aromatic heterocycles. The van der Waals surface area contributed by atoms with E-state index in [2.05, 4.69) is 0 Å². The van der Waals surface area contributed by atoms with E-state index >= 15 is 0 Å². The smallest absolute Gasteiger partial charge is 0.314 e. The van der Waals surface area contributed by atoms with Crippen molar-refractivity contribution in [3.8, 4) is 0 Å². The maximum atomic E-state index is 11.6. The van der Waals surface area contributed by atoms with Crippen molar-refractivity contribution in [3.05, 3.63) is 0 Å². The highest BCUT2D eigenvalue weighted by Gasteiger charge is 2.49. The zero-order valence-corrected chi connectivity index (χ0v) is 12.0. The van der Waals surface area contributed by atoms with Gasteiger partial charge in [-0.05, 0) is 27.7 Å². The van der Waals surface area contributed by atoms with Gasteiger partial charge in [-0.25, -0.2) is 0 Å². The number of carbonyl (C=O) groups is 1. The Labute approximate surface area is 114 Å². The molecule has 1 heterocycles. The molecule has 0 spiro atoms. The highest BCUT2D eigenvalue weighted by atomic mass is 16.9. The standard InChI is InChI=1S/C13H24O6/c1-5-16-12(15)8-13(17-6-2)18-10(4)11(19-13)7-9(3)14/h9-11,14H,5-8H2,1-4H3/t9?,10-,11-,13?/m0/s1. The van der Waals surface area contributed by atoms with E-state index in [1.54, 1.807) is 20.8 Å². The second-order valence-electron chi connectivity index (χ2n) is 4.66. The fourth-order valence-corrected chi connectivity index (χ4v) is 2.10. The Morgan fingerprint density at radius 2 is 2.05 bits per heavy atom. The van der Waals surface area contributed by atoms with E-state index in [-0.39, 0.29) is 18.6 Å². The van der Waals surface area contributed by atoms with E-state index in [1.165, 1.54) is 0 Å². The molecular formula is C13H24O6. The highest BCUT2D eigenvalue weighted by Crippen LogP contribution is 2.35. The zero-order chi connectivity index (χ0) is 14.5. The molecule has 0 saturated carbocycles. The van der Waals surface area contributed by atoms with Gasteiger partial charge in [-0.3, -0.25) is 4.79 Å². The third kappa shape index (κ3) is 4.72. The van der Waals surface area contributed by atoms with Crippen LogP contribution in [0.25, 0.3) is 0 Å². The van der Waals surface area contributed by atoms with E-state index in [9.17, 15) is 9.90 Å². The zero-order valence-electron chi connectivity index (χ0n) is 12.0. The summed E-state index contributed by atoms with van der Waals surface area (Å²) in [7, 11) is 0. The lowest BCUT2D eigenvalue weighted by atomic mass is 10.1. The van der Waals surface area contributed by atoms with Crippen molar-refractivity contribution in [2.45, 2.75) is 64.8 Å². The molecule has 1 fully saturated rings. The maximum absolute atomic E-state index is 11.6. The van der Waals surface area contributed by atoms with Gasteiger partial charge in [-0.2, -0.15) is 0 Å². The highest BCUT2D eigenvalue weighted by molar-refractivity contribution is 5.70. The van der Waals surface area contributed by atoms with E-state index in [4.69, 9.17) is 18.9 Å². The molecule has 0 aromatic rings. The Kier molecular flexibility index (Phi) is 6.19. The van der Waals surface area contributed by atoms with Crippen LogP contribution < -0.4 is 0 Å². The molecule has 0 radical (unpaired) electrons. The molecule has 1 rings (SSSR count). The van der Waals surface area contributed by atoms with Crippen molar-refractivity contribution in [1.82, 2.24) is 0 Å². The molecule has 1 N–H and O–H groups in total. The Hall–Kier alpha value is -0.690. The minimum atomic E-state index is -1.39. The Bertz CT molecular complexity index is 293. The first-order valence-corrected chi connectivity index (χ1v) is 6.75. The number of ether oxygens (including phenoxy) is 4. The third-order valence-corrected chi connectivity index (χ3v) is 2.82. The summed E-state index contributed by atoms with van der Waals surface area (Å²) in [6.45, 7) is 7.70. The van der Waals surface area contributed by atoms with Crippen LogP contribution >= 0.6 is 0 Å². The van der Waals surface area contributed by atoms with Gasteiger partial charge >= 0.3 is 5.97 Å². The molecular weight excluding hydrogens is 252 g/mol. The van der Waals surface area contributed by atoms with E-state index in [0.29, 0.717) is 19.6 Å². The van der Waals surface area contributed by atoms with Crippen LogP contribution in [0.2, 0.25) is 0 Å². The number of hydrogen-bond acceptors (Lipinski definition) is 6. The van der Waals surface area contributed by atoms with Gasteiger partial charge in [-0.1, -0.05) is 0 Å². The molecule has 112 valence electrons. The summed E-state index contributed by atoms with van der Waals surface area (Å²) in [5.41, 5.74) is 0. The van der Waals surface area contributed by atoms with Gasteiger partial charge in [0, 0.05) is 13.0 Å². The van der Waals surface area contributed by atoms with Crippen molar-refractivity contribution in [2.24, 2.45) is 0 Å². The van der Waals surface area contributed by atoms with Crippen LogP contribution in [0.5, 0.6) is 0 Å². The molecule has 19 heavy (non-hydrogen) atoms. The van der Waals surface area contributed by atoms with Crippen LogP contribution in [-0.4, -0.2) is 48.6 Å². The summed E-state index contributed by atoms with van der Waals surface area (Å²) < 4.78 is 21.7. The van der Waals surface area contributed by atoms with Crippen molar-refractivity contribution in [3.63, 3.8) is 0 Å². The summed E-state index contributed by atoms with van der Waals surface area (Å²) in [4.78, 5) is 11.6. The first kappa shape index (κ1) is 16.4. The Balaban J connectivity index is 2.70. The molecule has 0 aliphatic carbocycles. The molecule has 1 saturated heterocycles. The second kappa shape index (κ2) is 7.19. The van der Waals surface area contributed by atoms with Crippen LogP contribution in [0.15, 0.2) is 0 Å². The quantitative estimate of drug-likeness (QED) is 0.704. The largest absolute Gasteiger partial charge is 0.466 e. The monoisotopic (exact) mass is 276 g/mol. The summed E-state index contributed by atoms with van der Waals surface area (Å²) in [6, 6.07) is 0. The van der Waals surface area contributed by atoms with Crippen molar-refractivity contribution in [2.75, 3.05) is 13.2 Å². The molecule has 1 aliphatic rings. The Morgan fingerprint density at radius 1 is 1.37 bits per heavy atom. The van der Waals surface area contributed by atoms with Gasteiger partial charge in [0.15, 0.2) is 0 Å². The van der Waals surface area contributed by atoms with E-state index in [0.717, 1.165) is 0 Å². The van der Waals surface area contributed by atoms with Crippen molar-refractivity contribution >= 4 is 5.97 Å². The lowest BCUT2D eigenvalue weighted by Gasteiger charge is -2.26. The SMILES string of the molecule is CCOC(=O)CC1(OCC)O[C@@H](C)[C@H](CC(C)O)O1. The molecule has 2 unspecified atom stereocenters. The van der Waals surface area contributed by atoms with E-state index in [1.807, 2.05) is 6.92 Å². The maximum Gasteiger partial charge on any atom is 0.314 e. The first-order valence-electron chi connectivity index (χ1n) is 6.75. The number of rotatable bonds is 7. The minimum absolute atomic E-state index is 0.116. The van der Waals surface area contributed by atoms with E-state index < -0.39 is 18.0 Å². The molecule has 0 aromatic carbocycles. The third-order valence-electron chi connectivity index (χ3n) is 2.82. The molecule has 4 atom stereocenters. The van der Waals surface area contributed by atoms with Gasteiger partial charge < -0.3 is 24.1 Å². The minimum Gasteiger partial charge on any atom is -0.466 e. The molecule has 1 aliphatic heterocycles.